The molecule has 0 amide bonds. The quantitative estimate of drug-likeness (QED) is 0.440. The standard InChI is InChI=1S/C20H30BrNO3/c1-3-24-20(23)15-22-11-9-17(10-12-22)6-4-5-13-25-18-7-8-19(21)16(2)14-18/h7-8,14,17H,3-6,9-13,15H2,1-2H3. The van der Waals surface area contributed by atoms with Crippen LogP contribution in [0.25, 0.3) is 0 Å². The number of aryl methyl sites for hydroxylation is 1. The van der Waals surface area contributed by atoms with Gasteiger partial charge in [0.15, 0.2) is 0 Å². The first kappa shape index (κ1) is 20.2. The Hall–Kier alpha value is -1.07. The lowest BCUT2D eigenvalue weighted by atomic mass is 9.91. The summed E-state index contributed by atoms with van der Waals surface area (Å²) in [6, 6.07) is 6.12. The molecule has 1 aliphatic rings. The van der Waals surface area contributed by atoms with E-state index in [9.17, 15) is 4.79 Å². The molecule has 2 rings (SSSR count). The van der Waals surface area contributed by atoms with Crippen molar-refractivity contribution >= 4 is 21.9 Å². The largest absolute Gasteiger partial charge is 0.494 e. The number of ether oxygens (including phenoxy) is 2. The third-order valence-corrected chi connectivity index (χ3v) is 5.66. The second-order valence-electron chi connectivity index (χ2n) is 6.78. The van der Waals surface area contributed by atoms with Crippen LogP contribution in [0.3, 0.4) is 0 Å². The van der Waals surface area contributed by atoms with Crippen molar-refractivity contribution in [1.82, 2.24) is 4.90 Å². The van der Waals surface area contributed by atoms with Crippen LogP contribution in [0.4, 0.5) is 0 Å². The van der Waals surface area contributed by atoms with Gasteiger partial charge in [-0.2, -0.15) is 0 Å². The Balaban J connectivity index is 1.54. The van der Waals surface area contributed by atoms with Gasteiger partial charge in [-0.05, 0) is 82.3 Å². The number of hydrogen-bond acceptors (Lipinski definition) is 4. The fourth-order valence-corrected chi connectivity index (χ4v) is 3.50. The number of esters is 1. The fourth-order valence-electron chi connectivity index (χ4n) is 3.25. The molecule has 0 aliphatic carbocycles. The van der Waals surface area contributed by atoms with E-state index in [1.807, 2.05) is 19.1 Å². The van der Waals surface area contributed by atoms with E-state index < -0.39 is 0 Å². The summed E-state index contributed by atoms with van der Waals surface area (Å²) in [7, 11) is 0. The van der Waals surface area contributed by atoms with Crippen molar-refractivity contribution in [1.29, 1.82) is 0 Å². The number of likely N-dealkylation sites (tertiary alicyclic amines) is 1. The molecule has 1 aliphatic heterocycles. The summed E-state index contributed by atoms with van der Waals surface area (Å²) in [5.74, 6) is 1.64. The summed E-state index contributed by atoms with van der Waals surface area (Å²) >= 11 is 3.51. The first-order valence-electron chi connectivity index (χ1n) is 9.35. The highest BCUT2D eigenvalue weighted by atomic mass is 79.9. The summed E-state index contributed by atoms with van der Waals surface area (Å²) in [5, 5.41) is 0. The zero-order chi connectivity index (χ0) is 18.1. The molecule has 1 saturated heterocycles. The van der Waals surface area contributed by atoms with E-state index in [4.69, 9.17) is 9.47 Å². The van der Waals surface area contributed by atoms with E-state index in [1.54, 1.807) is 0 Å². The molecule has 5 heteroatoms. The first-order valence-corrected chi connectivity index (χ1v) is 10.1. The van der Waals surface area contributed by atoms with Crippen LogP contribution in [0.1, 0.15) is 44.6 Å². The second-order valence-corrected chi connectivity index (χ2v) is 7.63. The zero-order valence-electron chi connectivity index (χ0n) is 15.4. The van der Waals surface area contributed by atoms with Crippen LogP contribution < -0.4 is 4.74 Å². The number of halogens is 1. The van der Waals surface area contributed by atoms with Crippen molar-refractivity contribution in [3.05, 3.63) is 28.2 Å². The summed E-state index contributed by atoms with van der Waals surface area (Å²) in [6.45, 7) is 7.65. The Labute approximate surface area is 160 Å². The Morgan fingerprint density at radius 1 is 1.28 bits per heavy atom. The first-order chi connectivity index (χ1) is 12.1. The molecule has 25 heavy (non-hydrogen) atoms. The number of piperidine rings is 1. The molecule has 0 spiro atoms. The minimum atomic E-state index is -0.0960. The average molecular weight is 412 g/mol. The Kier molecular flexibility index (Phi) is 8.76. The van der Waals surface area contributed by atoms with Crippen molar-refractivity contribution in [3.63, 3.8) is 0 Å². The fraction of sp³-hybridized carbons (Fsp3) is 0.650. The van der Waals surface area contributed by atoms with Gasteiger partial charge in [0.2, 0.25) is 0 Å². The molecule has 4 nitrogen and oxygen atoms in total. The van der Waals surface area contributed by atoms with Gasteiger partial charge < -0.3 is 9.47 Å². The molecule has 0 radical (unpaired) electrons. The van der Waals surface area contributed by atoms with Gasteiger partial charge in [0.25, 0.3) is 0 Å². The van der Waals surface area contributed by atoms with Crippen molar-refractivity contribution < 1.29 is 14.3 Å². The molecular weight excluding hydrogens is 382 g/mol. The molecule has 1 aromatic carbocycles. The molecule has 0 saturated carbocycles. The third kappa shape index (κ3) is 7.37. The Morgan fingerprint density at radius 3 is 2.72 bits per heavy atom. The molecule has 1 aromatic rings. The van der Waals surface area contributed by atoms with Gasteiger partial charge in [-0.1, -0.05) is 22.4 Å². The van der Waals surface area contributed by atoms with Crippen LogP contribution in [0, 0.1) is 12.8 Å². The van der Waals surface area contributed by atoms with Gasteiger partial charge >= 0.3 is 5.97 Å². The number of hydrogen-bond donors (Lipinski definition) is 0. The van der Waals surface area contributed by atoms with E-state index in [0.717, 1.165) is 42.3 Å². The highest BCUT2D eigenvalue weighted by Crippen LogP contribution is 2.24. The maximum absolute atomic E-state index is 11.5. The summed E-state index contributed by atoms with van der Waals surface area (Å²) in [6.07, 6.45) is 5.94. The third-order valence-electron chi connectivity index (χ3n) is 4.77. The molecule has 0 aromatic heterocycles. The molecule has 140 valence electrons. The molecule has 0 bridgehead atoms. The van der Waals surface area contributed by atoms with Crippen LogP contribution in [0.15, 0.2) is 22.7 Å². The predicted molar refractivity (Wildman–Crippen MR) is 104 cm³/mol. The maximum Gasteiger partial charge on any atom is 0.320 e. The van der Waals surface area contributed by atoms with Crippen LogP contribution >= 0.6 is 15.9 Å². The smallest absolute Gasteiger partial charge is 0.320 e. The molecule has 0 N–H and O–H groups in total. The minimum absolute atomic E-state index is 0.0960. The van der Waals surface area contributed by atoms with Crippen molar-refractivity contribution in [3.8, 4) is 5.75 Å². The average Bonchev–Trinajstić information content (AvgIpc) is 2.59. The van der Waals surface area contributed by atoms with Gasteiger partial charge in [-0.25, -0.2) is 0 Å². The number of rotatable bonds is 9. The van der Waals surface area contributed by atoms with Gasteiger partial charge in [0.1, 0.15) is 5.75 Å². The lowest BCUT2D eigenvalue weighted by Crippen LogP contribution is -2.38. The van der Waals surface area contributed by atoms with Gasteiger partial charge in [-0.3, -0.25) is 9.69 Å². The monoisotopic (exact) mass is 411 g/mol. The van der Waals surface area contributed by atoms with Crippen LogP contribution in [0.2, 0.25) is 0 Å². The number of carbonyl (C=O) groups excluding carboxylic acids is 1. The van der Waals surface area contributed by atoms with E-state index in [-0.39, 0.29) is 5.97 Å². The van der Waals surface area contributed by atoms with Crippen molar-refractivity contribution in [2.75, 3.05) is 32.8 Å². The predicted octanol–water partition coefficient (Wildman–Crippen LogP) is 4.58. The van der Waals surface area contributed by atoms with E-state index in [2.05, 4.69) is 33.8 Å². The summed E-state index contributed by atoms with van der Waals surface area (Å²) in [4.78, 5) is 13.7. The molecule has 1 heterocycles. The maximum atomic E-state index is 11.5. The van der Waals surface area contributed by atoms with Gasteiger partial charge in [0, 0.05) is 4.47 Å². The zero-order valence-corrected chi connectivity index (χ0v) is 17.0. The van der Waals surface area contributed by atoms with Crippen molar-refractivity contribution in [2.24, 2.45) is 5.92 Å². The highest BCUT2D eigenvalue weighted by Gasteiger charge is 2.20. The SMILES string of the molecule is CCOC(=O)CN1CCC(CCCCOc2ccc(Br)c(C)c2)CC1. The van der Waals surface area contributed by atoms with E-state index in [0.29, 0.717) is 13.2 Å². The Bertz CT molecular complexity index is 542. The normalized spacial score (nSPS) is 16.0. The lowest BCUT2D eigenvalue weighted by Gasteiger charge is -2.31. The molecule has 0 atom stereocenters. The number of carbonyl (C=O) groups is 1. The van der Waals surface area contributed by atoms with Crippen LogP contribution in [0.5, 0.6) is 5.75 Å². The summed E-state index contributed by atoms with van der Waals surface area (Å²) < 4.78 is 12.0. The van der Waals surface area contributed by atoms with Gasteiger partial charge in [-0.15, -0.1) is 0 Å². The second kappa shape index (κ2) is 10.8. The molecule has 0 unspecified atom stereocenters. The molecule has 1 fully saturated rings. The lowest BCUT2D eigenvalue weighted by molar-refractivity contribution is -0.144. The summed E-state index contributed by atoms with van der Waals surface area (Å²) in [5.41, 5.74) is 1.20. The number of unbranched alkanes of at least 4 members (excludes halogenated alkanes) is 1. The minimum Gasteiger partial charge on any atom is -0.494 e. The number of nitrogens with zero attached hydrogens (tertiary/aromatic N) is 1. The van der Waals surface area contributed by atoms with Crippen molar-refractivity contribution in [2.45, 2.75) is 46.0 Å². The van der Waals surface area contributed by atoms with Gasteiger partial charge in [0.05, 0.1) is 19.8 Å². The Morgan fingerprint density at radius 2 is 2.04 bits per heavy atom. The van der Waals surface area contributed by atoms with Crippen LogP contribution in [-0.2, 0) is 9.53 Å². The van der Waals surface area contributed by atoms with E-state index >= 15 is 0 Å². The van der Waals surface area contributed by atoms with Crippen LogP contribution in [-0.4, -0.2) is 43.7 Å². The highest BCUT2D eigenvalue weighted by molar-refractivity contribution is 9.10. The molecular formula is C20H30BrNO3. The number of benzene rings is 1. The topological polar surface area (TPSA) is 38.8 Å². The van der Waals surface area contributed by atoms with E-state index in [1.165, 1.54) is 31.2 Å².